The Morgan fingerprint density at radius 1 is 1.47 bits per heavy atom. The number of hydrogen-bond acceptors (Lipinski definition) is 2. The number of halogens is 2. The number of aryl methyl sites for hydroxylation is 1. The SMILES string of the molecule is Cn1ccc(C(N)Cc2cccc(F)c2Cl)n1. The summed E-state index contributed by atoms with van der Waals surface area (Å²) in [5.74, 6) is -0.419. The normalized spacial score (nSPS) is 12.7. The van der Waals surface area contributed by atoms with Gasteiger partial charge in [0.1, 0.15) is 5.82 Å². The van der Waals surface area contributed by atoms with Crippen LogP contribution < -0.4 is 5.73 Å². The Morgan fingerprint density at radius 3 is 2.88 bits per heavy atom. The van der Waals surface area contributed by atoms with Crippen molar-refractivity contribution in [2.45, 2.75) is 12.5 Å². The van der Waals surface area contributed by atoms with Gasteiger partial charge >= 0.3 is 0 Å². The Morgan fingerprint density at radius 2 is 2.24 bits per heavy atom. The van der Waals surface area contributed by atoms with E-state index in [-0.39, 0.29) is 11.1 Å². The van der Waals surface area contributed by atoms with Crippen molar-refractivity contribution in [3.8, 4) is 0 Å². The van der Waals surface area contributed by atoms with Gasteiger partial charge in [-0.05, 0) is 24.1 Å². The maximum atomic E-state index is 13.2. The first-order valence-corrected chi connectivity index (χ1v) is 5.63. The van der Waals surface area contributed by atoms with Crippen LogP contribution in [0.15, 0.2) is 30.5 Å². The van der Waals surface area contributed by atoms with Crippen LogP contribution in [0.2, 0.25) is 5.02 Å². The second-order valence-electron chi connectivity index (χ2n) is 3.94. The molecule has 0 aliphatic rings. The summed E-state index contributed by atoms with van der Waals surface area (Å²) in [6, 6.07) is 6.29. The fourth-order valence-corrected chi connectivity index (χ4v) is 1.88. The van der Waals surface area contributed by atoms with E-state index < -0.39 is 5.82 Å². The molecule has 0 aliphatic heterocycles. The number of rotatable bonds is 3. The molecular weight excluding hydrogens is 241 g/mol. The van der Waals surface area contributed by atoms with Gasteiger partial charge in [0.15, 0.2) is 0 Å². The number of nitrogens with zero attached hydrogens (tertiary/aromatic N) is 2. The zero-order valence-electron chi connectivity index (χ0n) is 9.40. The van der Waals surface area contributed by atoms with E-state index in [2.05, 4.69) is 5.10 Å². The number of benzene rings is 1. The fraction of sp³-hybridized carbons (Fsp3) is 0.250. The lowest BCUT2D eigenvalue weighted by Gasteiger charge is -2.10. The predicted octanol–water partition coefficient (Wildman–Crippen LogP) is 2.46. The third-order valence-electron chi connectivity index (χ3n) is 2.59. The molecule has 0 saturated heterocycles. The van der Waals surface area contributed by atoms with E-state index in [1.807, 2.05) is 19.3 Å². The largest absolute Gasteiger partial charge is 0.322 e. The first kappa shape index (κ1) is 12.1. The minimum atomic E-state index is -0.419. The number of aromatic nitrogens is 2. The van der Waals surface area contributed by atoms with E-state index in [0.717, 1.165) is 5.69 Å². The average molecular weight is 254 g/mol. The van der Waals surface area contributed by atoms with Gasteiger partial charge in [-0.25, -0.2) is 4.39 Å². The van der Waals surface area contributed by atoms with Gasteiger partial charge in [0.05, 0.1) is 16.8 Å². The van der Waals surface area contributed by atoms with E-state index >= 15 is 0 Å². The summed E-state index contributed by atoms with van der Waals surface area (Å²) in [6.45, 7) is 0. The highest BCUT2D eigenvalue weighted by Gasteiger charge is 2.13. The van der Waals surface area contributed by atoms with Crippen LogP contribution in [0.25, 0.3) is 0 Å². The molecule has 2 rings (SSSR count). The van der Waals surface area contributed by atoms with Crippen molar-refractivity contribution in [2.24, 2.45) is 12.8 Å². The molecule has 0 radical (unpaired) electrons. The van der Waals surface area contributed by atoms with Crippen LogP contribution in [0.5, 0.6) is 0 Å². The maximum absolute atomic E-state index is 13.2. The van der Waals surface area contributed by atoms with Crippen LogP contribution in [0.3, 0.4) is 0 Å². The summed E-state index contributed by atoms with van der Waals surface area (Å²) in [5, 5.41) is 4.35. The van der Waals surface area contributed by atoms with Crippen molar-refractivity contribution in [2.75, 3.05) is 0 Å². The minimum Gasteiger partial charge on any atom is -0.322 e. The highest BCUT2D eigenvalue weighted by Crippen LogP contribution is 2.23. The monoisotopic (exact) mass is 253 g/mol. The quantitative estimate of drug-likeness (QED) is 0.913. The molecule has 1 heterocycles. The number of hydrogen-bond donors (Lipinski definition) is 1. The molecule has 0 spiro atoms. The summed E-state index contributed by atoms with van der Waals surface area (Å²) >= 11 is 5.87. The lowest BCUT2D eigenvalue weighted by atomic mass is 10.0. The van der Waals surface area contributed by atoms with Crippen molar-refractivity contribution in [1.82, 2.24) is 9.78 Å². The zero-order chi connectivity index (χ0) is 12.4. The second-order valence-corrected chi connectivity index (χ2v) is 4.32. The Kier molecular flexibility index (Phi) is 3.45. The van der Waals surface area contributed by atoms with Crippen LogP contribution in [-0.4, -0.2) is 9.78 Å². The highest BCUT2D eigenvalue weighted by molar-refractivity contribution is 6.31. The molecule has 3 nitrogen and oxygen atoms in total. The van der Waals surface area contributed by atoms with Gasteiger partial charge < -0.3 is 5.73 Å². The van der Waals surface area contributed by atoms with Crippen LogP contribution in [0, 0.1) is 5.82 Å². The van der Waals surface area contributed by atoms with Crippen LogP contribution >= 0.6 is 11.6 Å². The number of nitrogens with two attached hydrogens (primary N) is 1. The van der Waals surface area contributed by atoms with Crippen LogP contribution in [-0.2, 0) is 13.5 Å². The van der Waals surface area contributed by atoms with Crippen LogP contribution in [0.1, 0.15) is 17.3 Å². The molecule has 0 fully saturated rings. The first-order chi connectivity index (χ1) is 8.08. The van der Waals surface area contributed by atoms with Crippen molar-refractivity contribution >= 4 is 11.6 Å². The van der Waals surface area contributed by atoms with E-state index in [1.54, 1.807) is 16.8 Å². The molecule has 2 aromatic rings. The molecule has 90 valence electrons. The van der Waals surface area contributed by atoms with Gasteiger partial charge in [-0.2, -0.15) is 5.10 Å². The van der Waals surface area contributed by atoms with Gasteiger partial charge in [-0.15, -0.1) is 0 Å². The van der Waals surface area contributed by atoms with E-state index in [4.69, 9.17) is 17.3 Å². The maximum Gasteiger partial charge on any atom is 0.142 e. The van der Waals surface area contributed by atoms with E-state index in [1.165, 1.54) is 6.07 Å². The highest BCUT2D eigenvalue weighted by atomic mass is 35.5. The standard InChI is InChI=1S/C12H13ClFN3/c1-17-6-5-11(16-17)10(15)7-8-3-2-4-9(14)12(8)13/h2-6,10H,7,15H2,1H3. The minimum absolute atomic E-state index is 0.138. The van der Waals surface area contributed by atoms with Crippen molar-refractivity contribution in [1.29, 1.82) is 0 Å². The first-order valence-electron chi connectivity index (χ1n) is 5.26. The molecule has 0 saturated carbocycles. The molecule has 1 aromatic carbocycles. The second kappa shape index (κ2) is 4.85. The average Bonchev–Trinajstić information content (AvgIpc) is 2.72. The Labute approximate surface area is 104 Å². The molecule has 0 bridgehead atoms. The zero-order valence-corrected chi connectivity index (χ0v) is 10.2. The molecule has 2 N–H and O–H groups in total. The molecule has 0 aliphatic carbocycles. The van der Waals surface area contributed by atoms with E-state index in [9.17, 15) is 4.39 Å². The summed E-state index contributed by atoms with van der Waals surface area (Å²) in [5.41, 5.74) is 7.47. The van der Waals surface area contributed by atoms with Crippen LogP contribution in [0.4, 0.5) is 4.39 Å². The lowest BCUT2D eigenvalue weighted by molar-refractivity contribution is 0.619. The van der Waals surface area contributed by atoms with Crippen molar-refractivity contribution in [3.63, 3.8) is 0 Å². The van der Waals surface area contributed by atoms with Gasteiger partial charge in [-0.3, -0.25) is 4.68 Å². The van der Waals surface area contributed by atoms with Gasteiger partial charge in [0, 0.05) is 13.2 Å². The molecular formula is C12H13ClFN3. The Balaban J connectivity index is 2.18. The molecule has 1 atom stereocenters. The summed E-state index contributed by atoms with van der Waals surface area (Å²) in [4.78, 5) is 0. The molecule has 1 aromatic heterocycles. The van der Waals surface area contributed by atoms with Crippen molar-refractivity contribution in [3.05, 3.63) is 52.6 Å². The smallest absolute Gasteiger partial charge is 0.142 e. The van der Waals surface area contributed by atoms with Gasteiger partial charge in [0.2, 0.25) is 0 Å². The predicted molar refractivity (Wildman–Crippen MR) is 65.3 cm³/mol. The molecule has 17 heavy (non-hydrogen) atoms. The molecule has 5 heteroatoms. The van der Waals surface area contributed by atoms with Gasteiger partial charge in [0.25, 0.3) is 0 Å². The van der Waals surface area contributed by atoms with Crippen molar-refractivity contribution < 1.29 is 4.39 Å². The summed E-state index contributed by atoms with van der Waals surface area (Å²) in [7, 11) is 1.82. The fourth-order valence-electron chi connectivity index (χ4n) is 1.68. The molecule has 1 unspecified atom stereocenters. The van der Waals surface area contributed by atoms with E-state index in [0.29, 0.717) is 12.0 Å². The lowest BCUT2D eigenvalue weighted by Crippen LogP contribution is -2.14. The Hall–Kier alpha value is -1.39. The third-order valence-corrected chi connectivity index (χ3v) is 3.01. The third kappa shape index (κ3) is 2.65. The topological polar surface area (TPSA) is 43.8 Å². The summed E-state index contributed by atoms with van der Waals surface area (Å²) in [6.07, 6.45) is 2.29. The molecule has 0 amide bonds. The van der Waals surface area contributed by atoms with Gasteiger partial charge in [-0.1, -0.05) is 23.7 Å². The Bertz CT molecular complexity index is 524. The summed E-state index contributed by atoms with van der Waals surface area (Å²) < 4.78 is 14.9.